The van der Waals surface area contributed by atoms with Crippen LogP contribution in [0.3, 0.4) is 0 Å². The van der Waals surface area contributed by atoms with Gasteiger partial charge in [0.2, 0.25) is 0 Å². The second-order valence-electron chi connectivity index (χ2n) is 7.71. The highest BCUT2D eigenvalue weighted by Crippen LogP contribution is 2.27. The zero-order valence-electron chi connectivity index (χ0n) is 19.4. The summed E-state index contributed by atoms with van der Waals surface area (Å²) in [6.07, 6.45) is -0.773. The van der Waals surface area contributed by atoms with Gasteiger partial charge in [-0.1, -0.05) is 11.6 Å². The Morgan fingerprint density at radius 2 is 1.50 bits per heavy atom. The van der Waals surface area contributed by atoms with Crippen LogP contribution >= 0.6 is 11.6 Å². The molecule has 180 valence electrons. The van der Waals surface area contributed by atoms with Crippen LogP contribution in [0.5, 0.6) is 11.5 Å². The predicted molar refractivity (Wildman–Crippen MR) is 135 cm³/mol. The van der Waals surface area contributed by atoms with Crippen molar-refractivity contribution in [2.24, 2.45) is 0 Å². The third kappa shape index (κ3) is 6.42. The van der Waals surface area contributed by atoms with Gasteiger partial charge in [0.15, 0.2) is 6.10 Å². The second-order valence-corrected chi connectivity index (χ2v) is 9.77. The molecule has 0 bridgehead atoms. The van der Waals surface area contributed by atoms with Crippen molar-refractivity contribution in [3.05, 3.63) is 76.8 Å². The van der Waals surface area contributed by atoms with E-state index < -0.39 is 16.1 Å². The van der Waals surface area contributed by atoms with Crippen LogP contribution in [0, 0.1) is 13.8 Å². The summed E-state index contributed by atoms with van der Waals surface area (Å²) in [5.41, 5.74) is 2.59. The van der Waals surface area contributed by atoms with E-state index in [1.807, 2.05) is 20.8 Å². The van der Waals surface area contributed by atoms with Crippen molar-refractivity contribution in [3.8, 4) is 11.5 Å². The maximum atomic E-state index is 12.7. The average molecular weight is 503 g/mol. The quantitative estimate of drug-likeness (QED) is 0.399. The minimum Gasteiger partial charge on any atom is -0.494 e. The van der Waals surface area contributed by atoms with Gasteiger partial charge >= 0.3 is 0 Å². The van der Waals surface area contributed by atoms with Crippen LogP contribution in [0.1, 0.15) is 25.0 Å². The fourth-order valence-electron chi connectivity index (χ4n) is 3.19. The number of nitrogens with one attached hydrogen (secondary N) is 2. The second kappa shape index (κ2) is 10.8. The van der Waals surface area contributed by atoms with Crippen molar-refractivity contribution in [1.82, 2.24) is 0 Å². The predicted octanol–water partition coefficient (Wildman–Crippen LogP) is 5.56. The van der Waals surface area contributed by atoms with E-state index in [0.717, 1.165) is 11.1 Å². The zero-order valence-corrected chi connectivity index (χ0v) is 21.0. The number of aryl methyl sites for hydroxylation is 2. The first-order valence-electron chi connectivity index (χ1n) is 10.7. The molecule has 7 nitrogen and oxygen atoms in total. The number of halogens is 1. The minimum atomic E-state index is -3.79. The van der Waals surface area contributed by atoms with Crippen LogP contribution in [0.4, 0.5) is 11.4 Å². The van der Waals surface area contributed by atoms with E-state index in [0.29, 0.717) is 34.5 Å². The summed E-state index contributed by atoms with van der Waals surface area (Å²) >= 11 is 6.18. The molecule has 0 aliphatic heterocycles. The molecule has 0 spiro atoms. The highest BCUT2D eigenvalue weighted by atomic mass is 35.5. The van der Waals surface area contributed by atoms with Gasteiger partial charge in [0, 0.05) is 16.4 Å². The third-order valence-electron chi connectivity index (χ3n) is 4.94. The van der Waals surface area contributed by atoms with Gasteiger partial charge in [0.1, 0.15) is 11.5 Å². The number of ether oxygens (including phenoxy) is 2. The van der Waals surface area contributed by atoms with Crippen molar-refractivity contribution < 1.29 is 22.7 Å². The van der Waals surface area contributed by atoms with E-state index in [2.05, 4.69) is 10.0 Å². The number of amides is 1. The molecule has 3 aromatic rings. The molecule has 0 aromatic heterocycles. The molecule has 0 radical (unpaired) electrons. The Hall–Kier alpha value is -3.23. The zero-order chi connectivity index (χ0) is 24.9. The fraction of sp³-hybridized carbons (Fsp3) is 0.240. The molecule has 9 heteroatoms. The van der Waals surface area contributed by atoms with E-state index in [-0.39, 0.29) is 10.8 Å². The van der Waals surface area contributed by atoms with Crippen molar-refractivity contribution in [1.29, 1.82) is 0 Å². The lowest BCUT2D eigenvalue weighted by Crippen LogP contribution is -2.30. The summed E-state index contributed by atoms with van der Waals surface area (Å²) in [6, 6.07) is 16.1. The molecule has 3 rings (SSSR count). The lowest BCUT2D eigenvalue weighted by Gasteiger charge is -2.16. The molecule has 1 atom stereocenters. The van der Waals surface area contributed by atoms with Gasteiger partial charge in [-0.05, 0) is 99.5 Å². The summed E-state index contributed by atoms with van der Waals surface area (Å²) < 4.78 is 39.0. The first kappa shape index (κ1) is 25.4. The number of carbonyl (C=O) groups is 1. The number of carbonyl (C=O) groups excluding carboxylic acids is 1. The van der Waals surface area contributed by atoms with Crippen molar-refractivity contribution in [2.75, 3.05) is 16.6 Å². The Morgan fingerprint density at radius 3 is 2.06 bits per heavy atom. The molecule has 34 heavy (non-hydrogen) atoms. The van der Waals surface area contributed by atoms with Crippen LogP contribution in [0.15, 0.2) is 65.6 Å². The van der Waals surface area contributed by atoms with Gasteiger partial charge in [-0.15, -0.1) is 0 Å². The van der Waals surface area contributed by atoms with Gasteiger partial charge in [-0.2, -0.15) is 0 Å². The van der Waals surface area contributed by atoms with Crippen molar-refractivity contribution in [3.63, 3.8) is 0 Å². The van der Waals surface area contributed by atoms with E-state index in [4.69, 9.17) is 21.1 Å². The number of benzene rings is 3. The van der Waals surface area contributed by atoms with E-state index >= 15 is 0 Å². The maximum absolute atomic E-state index is 12.7. The molecular weight excluding hydrogens is 476 g/mol. The van der Waals surface area contributed by atoms with Crippen LogP contribution in [-0.2, 0) is 14.8 Å². The van der Waals surface area contributed by atoms with Crippen molar-refractivity contribution in [2.45, 2.75) is 38.7 Å². The minimum absolute atomic E-state index is 0.0656. The smallest absolute Gasteiger partial charge is 0.265 e. The topological polar surface area (TPSA) is 93.7 Å². The summed E-state index contributed by atoms with van der Waals surface area (Å²) in [7, 11) is -3.79. The normalized spacial score (nSPS) is 12.0. The molecule has 0 fully saturated rings. The number of sulfonamides is 1. The Bertz CT molecular complexity index is 1240. The SMILES string of the molecule is CCOc1ccc(NS(=O)(=O)c2ccc(NC(=O)[C@@H](C)Oc3cc(C)c(Cl)c(C)c3)cc2)cc1. The van der Waals surface area contributed by atoms with E-state index in [1.54, 1.807) is 43.3 Å². The summed E-state index contributed by atoms with van der Waals surface area (Å²) in [5.74, 6) is 0.835. The molecule has 3 aromatic carbocycles. The Balaban J connectivity index is 1.62. The first-order chi connectivity index (χ1) is 16.1. The van der Waals surface area contributed by atoms with Crippen LogP contribution in [0.25, 0.3) is 0 Å². The molecular formula is C25H27ClN2O5S. The summed E-state index contributed by atoms with van der Waals surface area (Å²) in [5, 5.41) is 3.39. The highest BCUT2D eigenvalue weighted by Gasteiger charge is 2.18. The van der Waals surface area contributed by atoms with Gasteiger partial charge in [0.25, 0.3) is 15.9 Å². The van der Waals surface area contributed by atoms with Gasteiger partial charge in [0.05, 0.1) is 11.5 Å². The Morgan fingerprint density at radius 1 is 0.941 bits per heavy atom. The van der Waals surface area contributed by atoms with Crippen LogP contribution in [-0.4, -0.2) is 27.0 Å². The molecule has 0 heterocycles. The van der Waals surface area contributed by atoms with Gasteiger partial charge in [-0.25, -0.2) is 8.42 Å². The van der Waals surface area contributed by atoms with Gasteiger partial charge < -0.3 is 14.8 Å². The molecule has 0 saturated carbocycles. The third-order valence-corrected chi connectivity index (χ3v) is 6.94. The van der Waals surface area contributed by atoms with Crippen molar-refractivity contribution >= 4 is 38.9 Å². The largest absolute Gasteiger partial charge is 0.494 e. The average Bonchev–Trinajstić information content (AvgIpc) is 2.79. The number of rotatable bonds is 9. The number of hydrogen-bond acceptors (Lipinski definition) is 5. The number of anilines is 2. The molecule has 0 saturated heterocycles. The van der Waals surface area contributed by atoms with Gasteiger partial charge in [-0.3, -0.25) is 9.52 Å². The summed E-state index contributed by atoms with van der Waals surface area (Å²) in [6.45, 7) is 7.77. The maximum Gasteiger partial charge on any atom is 0.265 e. The lowest BCUT2D eigenvalue weighted by molar-refractivity contribution is -0.122. The Labute approximate surface area is 205 Å². The molecule has 0 unspecified atom stereocenters. The molecule has 1 amide bonds. The van der Waals surface area contributed by atoms with Crippen LogP contribution in [0.2, 0.25) is 5.02 Å². The molecule has 2 N–H and O–H groups in total. The van der Waals surface area contributed by atoms with E-state index in [9.17, 15) is 13.2 Å². The fourth-order valence-corrected chi connectivity index (χ4v) is 4.36. The monoisotopic (exact) mass is 502 g/mol. The number of hydrogen-bond donors (Lipinski definition) is 2. The highest BCUT2D eigenvalue weighted by molar-refractivity contribution is 7.92. The lowest BCUT2D eigenvalue weighted by atomic mass is 10.1. The molecule has 0 aliphatic carbocycles. The van der Waals surface area contributed by atoms with E-state index in [1.165, 1.54) is 24.3 Å². The first-order valence-corrected chi connectivity index (χ1v) is 12.5. The Kier molecular flexibility index (Phi) is 8.06. The standard InChI is InChI=1S/C25H27ClN2O5S/c1-5-32-21-10-6-20(7-11-21)28-34(30,31)23-12-8-19(9-13-23)27-25(29)18(4)33-22-14-16(2)24(26)17(3)15-22/h6-15,18,28H,5H2,1-4H3,(H,27,29)/t18-/m1/s1. The summed E-state index contributed by atoms with van der Waals surface area (Å²) in [4.78, 5) is 12.6. The molecule has 0 aliphatic rings. The van der Waals surface area contributed by atoms with Crippen LogP contribution < -0.4 is 19.5 Å².